The van der Waals surface area contributed by atoms with Gasteiger partial charge in [0.15, 0.2) is 0 Å². The number of methoxy groups -OCH3 is 1. The fourth-order valence-electron chi connectivity index (χ4n) is 2.51. The van der Waals surface area contributed by atoms with Crippen LogP contribution in [0, 0.1) is 0 Å². The Bertz CT molecular complexity index is 388. The van der Waals surface area contributed by atoms with E-state index in [1.54, 1.807) is 21.0 Å². The summed E-state index contributed by atoms with van der Waals surface area (Å²) in [6, 6.07) is 4.15. The van der Waals surface area contributed by atoms with Crippen molar-refractivity contribution in [3.8, 4) is 5.75 Å². The Balaban J connectivity index is 2.56. The number of hydrogen-bond donors (Lipinski definition) is 1. The monoisotopic (exact) mass is 220 g/mol. The molecule has 0 bridgehead atoms. The van der Waals surface area contributed by atoms with Gasteiger partial charge in [-0.3, -0.25) is 0 Å². The van der Waals surface area contributed by atoms with Gasteiger partial charge < -0.3 is 9.84 Å². The Hall–Kier alpha value is -1.02. The second kappa shape index (κ2) is 4.10. The molecule has 1 aliphatic carbocycles. The predicted octanol–water partition coefficient (Wildman–Crippen LogP) is 2.80. The second-order valence-corrected chi connectivity index (χ2v) is 5.05. The van der Waals surface area contributed by atoms with Gasteiger partial charge in [0.2, 0.25) is 0 Å². The van der Waals surface area contributed by atoms with E-state index in [4.69, 9.17) is 4.74 Å². The maximum atomic E-state index is 10.1. The van der Waals surface area contributed by atoms with Crippen LogP contribution in [0.5, 0.6) is 5.75 Å². The molecular weight excluding hydrogens is 200 g/mol. The minimum absolute atomic E-state index is 0.835. The quantitative estimate of drug-likeness (QED) is 0.830. The third-order valence-corrected chi connectivity index (χ3v) is 3.34. The van der Waals surface area contributed by atoms with Crippen LogP contribution in [0.2, 0.25) is 0 Å². The van der Waals surface area contributed by atoms with Crippen LogP contribution in [0.3, 0.4) is 0 Å². The Morgan fingerprint density at radius 1 is 1.19 bits per heavy atom. The lowest BCUT2D eigenvalue weighted by Crippen LogP contribution is -2.19. The van der Waals surface area contributed by atoms with Crippen molar-refractivity contribution in [1.29, 1.82) is 0 Å². The highest BCUT2D eigenvalue weighted by Crippen LogP contribution is 2.37. The molecule has 1 aromatic carbocycles. The van der Waals surface area contributed by atoms with Crippen molar-refractivity contribution in [2.24, 2.45) is 0 Å². The molecular formula is C14H20O2. The number of aryl methyl sites for hydroxylation is 1. The van der Waals surface area contributed by atoms with Crippen molar-refractivity contribution < 1.29 is 9.84 Å². The lowest BCUT2D eigenvalue weighted by molar-refractivity contribution is 0.0754. The van der Waals surface area contributed by atoms with E-state index >= 15 is 0 Å². The molecule has 16 heavy (non-hydrogen) atoms. The fraction of sp³-hybridized carbons (Fsp3) is 0.571. The van der Waals surface area contributed by atoms with Gasteiger partial charge in [0.25, 0.3) is 0 Å². The number of hydrogen-bond acceptors (Lipinski definition) is 2. The van der Waals surface area contributed by atoms with E-state index in [0.29, 0.717) is 0 Å². The Kier molecular flexibility index (Phi) is 2.94. The van der Waals surface area contributed by atoms with Crippen molar-refractivity contribution in [3.63, 3.8) is 0 Å². The first-order chi connectivity index (χ1) is 7.54. The lowest BCUT2D eigenvalue weighted by Gasteiger charge is -2.26. The Morgan fingerprint density at radius 3 is 2.50 bits per heavy atom. The molecule has 2 rings (SSSR count). The van der Waals surface area contributed by atoms with Gasteiger partial charge in [-0.25, -0.2) is 0 Å². The van der Waals surface area contributed by atoms with Crippen molar-refractivity contribution in [2.75, 3.05) is 7.11 Å². The zero-order valence-corrected chi connectivity index (χ0v) is 10.3. The summed E-state index contributed by atoms with van der Waals surface area (Å²) >= 11 is 0. The standard InChI is InChI=1S/C14H20O2/c1-14(2,15)12-9-8-10-6-4-5-7-11(10)13(12)16-3/h8-9,15H,4-7H2,1-3H3. The lowest BCUT2D eigenvalue weighted by atomic mass is 9.86. The molecule has 0 saturated carbocycles. The van der Waals surface area contributed by atoms with E-state index in [-0.39, 0.29) is 0 Å². The molecule has 0 spiro atoms. The van der Waals surface area contributed by atoms with Crippen LogP contribution in [-0.4, -0.2) is 12.2 Å². The largest absolute Gasteiger partial charge is 0.496 e. The third-order valence-electron chi connectivity index (χ3n) is 3.34. The van der Waals surface area contributed by atoms with Crippen molar-refractivity contribution in [1.82, 2.24) is 0 Å². The van der Waals surface area contributed by atoms with Gasteiger partial charge in [0.05, 0.1) is 12.7 Å². The highest BCUT2D eigenvalue weighted by Gasteiger charge is 2.25. The summed E-state index contributed by atoms with van der Waals surface area (Å²) in [5.41, 5.74) is 2.75. The molecule has 0 heterocycles. The average molecular weight is 220 g/mol. The molecule has 1 aliphatic rings. The van der Waals surface area contributed by atoms with Crippen LogP contribution < -0.4 is 4.74 Å². The summed E-state index contributed by atoms with van der Waals surface area (Å²) in [7, 11) is 1.69. The van der Waals surface area contributed by atoms with Crippen molar-refractivity contribution in [3.05, 3.63) is 28.8 Å². The van der Waals surface area contributed by atoms with Crippen molar-refractivity contribution >= 4 is 0 Å². The number of fused-ring (bicyclic) bond motifs is 1. The fourth-order valence-corrected chi connectivity index (χ4v) is 2.51. The second-order valence-electron chi connectivity index (χ2n) is 5.05. The number of rotatable bonds is 2. The normalized spacial score (nSPS) is 15.8. The molecule has 1 N–H and O–H groups in total. The molecule has 0 amide bonds. The summed E-state index contributed by atoms with van der Waals surface area (Å²) in [6.45, 7) is 3.61. The van der Waals surface area contributed by atoms with E-state index < -0.39 is 5.60 Å². The van der Waals surface area contributed by atoms with E-state index in [9.17, 15) is 5.11 Å². The van der Waals surface area contributed by atoms with E-state index in [2.05, 4.69) is 6.07 Å². The molecule has 0 aromatic heterocycles. The summed E-state index contributed by atoms with van der Waals surface area (Å²) in [6.07, 6.45) is 4.69. The zero-order valence-electron chi connectivity index (χ0n) is 10.3. The first-order valence-electron chi connectivity index (χ1n) is 5.95. The third kappa shape index (κ3) is 1.94. The highest BCUT2D eigenvalue weighted by molar-refractivity contribution is 5.49. The van der Waals surface area contributed by atoms with E-state index in [1.807, 2.05) is 6.07 Å². The van der Waals surface area contributed by atoms with Crippen LogP contribution in [-0.2, 0) is 18.4 Å². The van der Waals surface area contributed by atoms with Crippen LogP contribution in [0.4, 0.5) is 0 Å². The minimum atomic E-state index is -0.835. The van der Waals surface area contributed by atoms with Gasteiger partial charge >= 0.3 is 0 Å². The molecule has 88 valence electrons. The van der Waals surface area contributed by atoms with Crippen LogP contribution >= 0.6 is 0 Å². The van der Waals surface area contributed by atoms with Gasteiger partial charge in [0.1, 0.15) is 5.75 Å². The smallest absolute Gasteiger partial charge is 0.128 e. The SMILES string of the molecule is COc1c(C(C)(C)O)ccc2c1CCCC2. The molecule has 0 radical (unpaired) electrons. The molecule has 0 atom stereocenters. The maximum Gasteiger partial charge on any atom is 0.128 e. The average Bonchev–Trinajstić information content (AvgIpc) is 2.26. The Morgan fingerprint density at radius 2 is 1.88 bits per heavy atom. The summed E-state index contributed by atoms with van der Waals surface area (Å²) in [5, 5.41) is 10.1. The van der Waals surface area contributed by atoms with Crippen LogP contribution in [0.25, 0.3) is 0 Å². The van der Waals surface area contributed by atoms with Crippen LogP contribution in [0.1, 0.15) is 43.4 Å². The summed E-state index contributed by atoms with van der Waals surface area (Å²) in [4.78, 5) is 0. The van der Waals surface area contributed by atoms with Gasteiger partial charge in [-0.05, 0) is 50.7 Å². The van der Waals surface area contributed by atoms with Gasteiger partial charge in [0, 0.05) is 5.56 Å². The molecule has 0 fully saturated rings. The zero-order chi connectivity index (χ0) is 11.8. The maximum absolute atomic E-state index is 10.1. The van der Waals surface area contributed by atoms with Crippen LogP contribution in [0.15, 0.2) is 12.1 Å². The first-order valence-corrected chi connectivity index (χ1v) is 5.95. The van der Waals surface area contributed by atoms with Gasteiger partial charge in [-0.2, -0.15) is 0 Å². The highest BCUT2D eigenvalue weighted by atomic mass is 16.5. The van der Waals surface area contributed by atoms with Crippen molar-refractivity contribution in [2.45, 2.75) is 45.1 Å². The number of aliphatic hydroxyl groups is 1. The molecule has 2 nitrogen and oxygen atoms in total. The topological polar surface area (TPSA) is 29.5 Å². The molecule has 1 aromatic rings. The molecule has 0 aliphatic heterocycles. The Labute approximate surface area is 97.3 Å². The molecule has 0 unspecified atom stereocenters. The number of ether oxygens (including phenoxy) is 1. The van der Waals surface area contributed by atoms with E-state index in [1.165, 1.54) is 24.0 Å². The van der Waals surface area contributed by atoms with E-state index in [0.717, 1.165) is 24.2 Å². The molecule has 0 saturated heterocycles. The summed E-state index contributed by atoms with van der Waals surface area (Å²) in [5.74, 6) is 0.893. The first kappa shape index (κ1) is 11.5. The minimum Gasteiger partial charge on any atom is -0.496 e. The molecule has 2 heteroatoms. The van der Waals surface area contributed by atoms with Gasteiger partial charge in [-0.15, -0.1) is 0 Å². The predicted molar refractivity (Wildman–Crippen MR) is 64.9 cm³/mol. The number of benzene rings is 1. The van der Waals surface area contributed by atoms with Gasteiger partial charge in [-0.1, -0.05) is 12.1 Å². The summed E-state index contributed by atoms with van der Waals surface area (Å²) < 4.78 is 5.51.